The summed E-state index contributed by atoms with van der Waals surface area (Å²) in [6, 6.07) is 19.1. The van der Waals surface area contributed by atoms with Gasteiger partial charge in [-0.1, -0.05) is 48.5 Å². The highest BCUT2D eigenvalue weighted by atomic mass is 16.5. The molecule has 4 nitrogen and oxygen atoms in total. The number of rotatable bonds is 2. The smallest absolute Gasteiger partial charge is 0.336 e. The SMILES string of the molecule is O=C1OCC2=C1[C@@H](c1ccccc1)CC(=O)N2c1ccccc1. The highest BCUT2D eigenvalue weighted by Crippen LogP contribution is 2.41. The molecule has 1 amide bonds. The number of cyclic esters (lactones) is 1. The van der Waals surface area contributed by atoms with Gasteiger partial charge in [0.1, 0.15) is 6.61 Å². The fraction of sp³-hybridized carbons (Fsp3) is 0.158. The molecule has 1 atom stereocenters. The first-order valence-corrected chi connectivity index (χ1v) is 7.59. The molecule has 4 rings (SSSR count). The molecular weight excluding hydrogens is 290 g/mol. The molecule has 0 bridgehead atoms. The molecule has 0 radical (unpaired) electrons. The van der Waals surface area contributed by atoms with Gasteiger partial charge in [0, 0.05) is 18.0 Å². The lowest BCUT2D eigenvalue weighted by Crippen LogP contribution is -2.37. The summed E-state index contributed by atoms with van der Waals surface area (Å²) in [4.78, 5) is 26.6. The molecule has 0 saturated carbocycles. The van der Waals surface area contributed by atoms with Gasteiger partial charge in [0.05, 0.1) is 11.3 Å². The number of hydrogen-bond donors (Lipinski definition) is 0. The lowest BCUT2D eigenvalue weighted by molar-refractivity contribution is -0.136. The van der Waals surface area contributed by atoms with Crippen LogP contribution >= 0.6 is 0 Å². The summed E-state index contributed by atoms with van der Waals surface area (Å²) in [6.45, 7) is 0.151. The van der Waals surface area contributed by atoms with Gasteiger partial charge < -0.3 is 4.74 Å². The van der Waals surface area contributed by atoms with Crippen molar-refractivity contribution >= 4 is 17.6 Å². The lowest BCUT2D eigenvalue weighted by Gasteiger charge is -2.31. The molecule has 2 aliphatic rings. The first kappa shape index (κ1) is 13.8. The molecule has 0 unspecified atom stereocenters. The minimum absolute atomic E-state index is 0.0119. The molecule has 2 aliphatic heterocycles. The summed E-state index contributed by atoms with van der Waals surface area (Å²) in [7, 11) is 0. The van der Waals surface area contributed by atoms with Crippen molar-refractivity contribution < 1.29 is 14.3 Å². The molecule has 0 N–H and O–H groups in total. The minimum atomic E-state index is -0.317. The number of esters is 1. The van der Waals surface area contributed by atoms with E-state index in [4.69, 9.17) is 4.74 Å². The van der Waals surface area contributed by atoms with Gasteiger partial charge in [-0.3, -0.25) is 9.69 Å². The number of amides is 1. The maximum Gasteiger partial charge on any atom is 0.336 e. The second-order valence-corrected chi connectivity index (χ2v) is 5.67. The molecule has 0 aromatic heterocycles. The monoisotopic (exact) mass is 305 g/mol. The number of carbonyl (C=O) groups is 2. The molecule has 2 heterocycles. The molecule has 0 saturated heterocycles. The zero-order valence-corrected chi connectivity index (χ0v) is 12.4. The van der Waals surface area contributed by atoms with E-state index in [9.17, 15) is 9.59 Å². The van der Waals surface area contributed by atoms with Gasteiger partial charge in [-0.2, -0.15) is 0 Å². The number of carbonyl (C=O) groups excluding carboxylic acids is 2. The van der Waals surface area contributed by atoms with Crippen LogP contribution < -0.4 is 4.90 Å². The van der Waals surface area contributed by atoms with Gasteiger partial charge in [0.25, 0.3) is 0 Å². The second-order valence-electron chi connectivity index (χ2n) is 5.67. The fourth-order valence-corrected chi connectivity index (χ4v) is 3.30. The molecule has 2 aromatic rings. The van der Waals surface area contributed by atoms with E-state index in [0.717, 1.165) is 11.3 Å². The standard InChI is InChI=1S/C19H15NO3/c21-17-11-15(13-7-3-1-4-8-13)18-16(12-23-19(18)22)20(17)14-9-5-2-6-10-14/h1-10,15H,11-12H2/t15-/m1/s1. The number of benzene rings is 2. The zero-order chi connectivity index (χ0) is 15.8. The van der Waals surface area contributed by atoms with Gasteiger partial charge >= 0.3 is 5.97 Å². The zero-order valence-electron chi connectivity index (χ0n) is 12.4. The van der Waals surface area contributed by atoms with Crippen LogP contribution in [0.3, 0.4) is 0 Å². The van der Waals surface area contributed by atoms with E-state index in [-0.39, 0.29) is 30.8 Å². The van der Waals surface area contributed by atoms with Crippen LogP contribution in [0.15, 0.2) is 71.9 Å². The molecule has 0 fully saturated rings. The number of ether oxygens (including phenoxy) is 1. The summed E-state index contributed by atoms with van der Waals surface area (Å²) in [5.74, 6) is -0.557. The first-order valence-electron chi connectivity index (χ1n) is 7.59. The number of anilines is 1. The van der Waals surface area contributed by atoms with E-state index in [1.165, 1.54) is 0 Å². The fourth-order valence-electron chi connectivity index (χ4n) is 3.30. The van der Waals surface area contributed by atoms with E-state index < -0.39 is 0 Å². The van der Waals surface area contributed by atoms with E-state index in [2.05, 4.69) is 0 Å². The summed E-state index contributed by atoms with van der Waals surface area (Å²) >= 11 is 0. The van der Waals surface area contributed by atoms with E-state index >= 15 is 0 Å². The third kappa shape index (κ3) is 2.23. The summed E-state index contributed by atoms with van der Waals surface area (Å²) in [5, 5.41) is 0. The highest BCUT2D eigenvalue weighted by Gasteiger charge is 2.42. The van der Waals surface area contributed by atoms with Gasteiger partial charge in [-0.05, 0) is 17.7 Å². The van der Waals surface area contributed by atoms with Crippen molar-refractivity contribution in [3.63, 3.8) is 0 Å². The molecule has 0 aliphatic carbocycles. The van der Waals surface area contributed by atoms with Gasteiger partial charge in [0.15, 0.2) is 0 Å². The third-order valence-electron chi connectivity index (χ3n) is 4.33. The Balaban J connectivity index is 1.84. The first-order chi connectivity index (χ1) is 11.3. The minimum Gasteiger partial charge on any atom is -0.456 e. The van der Waals surface area contributed by atoms with Crippen molar-refractivity contribution in [3.05, 3.63) is 77.5 Å². The Labute approximate surface area is 134 Å². The summed E-state index contributed by atoms with van der Waals surface area (Å²) in [5.41, 5.74) is 3.03. The lowest BCUT2D eigenvalue weighted by atomic mass is 9.84. The van der Waals surface area contributed by atoms with Gasteiger partial charge in [-0.25, -0.2) is 4.79 Å². The molecule has 23 heavy (non-hydrogen) atoms. The Bertz CT molecular complexity index is 796. The number of hydrogen-bond acceptors (Lipinski definition) is 3. The van der Waals surface area contributed by atoms with E-state index in [1.807, 2.05) is 60.7 Å². The predicted octanol–water partition coefficient (Wildman–Crippen LogP) is 3.02. The maximum atomic E-state index is 12.8. The Hall–Kier alpha value is -2.88. The largest absolute Gasteiger partial charge is 0.456 e. The number of nitrogens with zero attached hydrogens (tertiary/aromatic N) is 1. The second kappa shape index (κ2) is 5.39. The third-order valence-corrected chi connectivity index (χ3v) is 4.33. The van der Waals surface area contributed by atoms with Crippen LogP contribution in [0.2, 0.25) is 0 Å². The highest BCUT2D eigenvalue weighted by molar-refractivity contribution is 6.06. The van der Waals surface area contributed by atoms with Crippen molar-refractivity contribution in [3.8, 4) is 0 Å². The van der Waals surface area contributed by atoms with Crippen LogP contribution in [-0.4, -0.2) is 18.5 Å². The normalized spacial score (nSPS) is 20.5. The quantitative estimate of drug-likeness (QED) is 0.801. The van der Waals surface area contributed by atoms with Crippen molar-refractivity contribution in [2.75, 3.05) is 11.5 Å². The molecule has 2 aromatic carbocycles. The number of para-hydroxylation sites is 1. The summed E-state index contributed by atoms with van der Waals surface area (Å²) in [6.07, 6.45) is 0.271. The average Bonchev–Trinajstić information content (AvgIpc) is 2.97. The maximum absolute atomic E-state index is 12.8. The van der Waals surface area contributed by atoms with Crippen molar-refractivity contribution in [1.82, 2.24) is 0 Å². The molecule has 0 spiro atoms. The van der Waals surface area contributed by atoms with Gasteiger partial charge in [-0.15, -0.1) is 0 Å². The van der Waals surface area contributed by atoms with Crippen molar-refractivity contribution in [2.45, 2.75) is 12.3 Å². The Morgan fingerprint density at radius 3 is 2.26 bits per heavy atom. The van der Waals surface area contributed by atoms with Crippen LogP contribution in [-0.2, 0) is 14.3 Å². The Kier molecular flexibility index (Phi) is 3.23. The molecule has 4 heteroatoms. The van der Waals surface area contributed by atoms with Crippen LogP contribution in [0, 0.1) is 0 Å². The van der Waals surface area contributed by atoms with Crippen LogP contribution in [0.4, 0.5) is 5.69 Å². The Morgan fingerprint density at radius 2 is 1.57 bits per heavy atom. The Morgan fingerprint density at radius 1 is 0.913 bits per heavy atom. The van der Waals surface area contributed by atoms with Crippen LogP contribution in [0.5, 0.6) is 0 Å². The topological polar surface area (TPSA) is 46.6 Å². The molecular formula is C19H15NO3. The van der Waals surface area contributed by atoms with Gasteiger partial charge in [0.2, 0.25) is 5.91 Å². The van der Waals surface area contributed by atoms with E-state index in [0.29, 0.717) is 11.3 Å². The molecule has 114 valence electrons. The predicted molar refractivity (Wildman–Crippen MR) is 85.7 cm³/mol. The summed E-state index contributed by atoms with van der Waals surface area (Å²) < 4.78 is 5.24. The van der Waals surface area contributed by atoms with Crippen molar-refractivity contribution in [2.24, 2.45) is 0 Å². The van der Waals surface area contributed by atoms with E-state index in [1.54, 1.807) is 4.90 Å². The average molecular weight is 305 g/mol. The van der Waals surface area contributed by atoms with Crippen LogP contribution in [0.1, 0.15) is 17.9 Å². The van der Waals surface area contributed by atoms with Crippen molar-refractivity contribution in [1.29, 1.82) is 0 Å². The van der Waals surface area contributed by atoms with Crippen LogP contribution in [0.25, 0.3) is 0 Å².